The number of carbonyl (C=O) groups excluding carboxylic acids is 2. The molecule has 46 heavy (non-hydrogen) atoms. The molecule has 0 saturated heterocycles. The van der Waals surface area contributed by atoms with Crippen molar-refractivity contribution in [1.29, 1.82) is 0 Å². The fourth-order valence-electron chi connectivity index (χ4n) is 11.7. The van der Waals surface area contributed by atoms with Crippen LogP contribution in [0.4, 0.5) is 0 Å². The lowest BCUT2D eigenvalue weighted by atomic mass is 9.36. The number of fused-ring (bicyclic) bond motifs is 9. The van der Waals surface area contributed by atoms with Gasteiger partial charge in [0.05, 0.1) is 29.3 Å². The zero-order chi connectivity index (χ0) is 33.3. The Bertz CT molecular complexity index is 1280. The summed E-state index contributed by atoms with van der Waals surface area (Å²) in [5.74, 6) is -1.84. The Morgan fingerprint density at radius 3 is 2.57 bits per heavy atom. The number of esters is 1. The summed E-state index contributed by atoms with van der Waals surface area (Å²) in [6.45, 7) is 7.56. The first-order valence-corrected chi connectivity index (χ1v) is 17.5. The van der Waals surface area contributed by atoms with Crippen molar-refractivity contribution in [2.24, 2.45) is 39.9 Å². The van der Waals surface area contributed by atoms with Gasteiger partial charge in [0, 0.05) is 49.5 Å². The van der Waals surface area contributed by atoms with Crippen molar-refractivity contribution in [2.75, 3.05) is 33.4 Å². The first kappa shape index (κ1) is 34.2. The van der Waals surface area contributed by atoms with Crippen molar-refractivity contribution < 1.29 is 44.6 Å². The van der Waals surface area contributed by atoms with Gasteiger partial charge in [-0.3, -0.25) is 0 Å². The van der Waals surface area contributed by atoms with Crippen LogP contribution in [0.1, 0.15) is 85.0 Å². The molecule has 1 aliphatic heterocycles. The third kappa shape index (κ3) is 4.33. The molecule has 0 bridgehead atoms. The van der Waals surface area contributed by atoms with Gasteiger partial charge in [-0.05, 0) is 86.8 Å². The number of rotatable bonds is 11. The van der Waals surface area contributed by atoms with Crippen molar-refractivity contribution >= 4 is 12.3 Å². The Morgan fingerprint density at radius 1 is 1.13 bits per heavy atom. The van der Waals surface area contributed by atoms with Crippen molar-refractivity contribution in [3.8, 4) is 0 Å². The Hall–Kier alpha value is -1.66. The SMILES string of the molecule is COCCCNCC1=CC2CC3(O)C4(O)CC(CCC(C)C)C5(O)CC(O)CCC5(C=O)C4CCC3(C)C2(CO)C2=CC(=O)OC12. The fraction of sp³-hybridized carbons (Fsp3) is 0.833. The third-order valence-electron chi connectivity index (χ3n) is 14.0. The van der Waals surface area contributed by atoms with Gasteiger partial charge < -0.3 is 45.1 Å². The molecular weight excluding hydrogens is 590 g/mol. The lowest BCUT2D eigenvalue weighted by Gasteiger charge is -2.71. The van der Waals surface area contributed by atoms with Crippen molar-refractivity contribution in [3.63, 3.8) is 0 Å². The minimum absolute atomic E-state index is 0.0669. The molecule has 11 unspecified atom stereocenters. The number of allylic oxidation sites excluding steroid dienone is 1. The van der Waals surface area contributed by atoms with Gasteiger partial charge in [0.1, 0.15) is 18.0 Å². The number of hydrogen-bond donors (Lipinski definition) is 6. The van der Waals surface area contributed by atoms with Crippen LogP contribution in [0.3, 0.4) is 0 Å². The van der Waals surface area contributed by atoms with Gasteiger partial charge >= 0.3 is 5.97 Å². The highest BCUT2D eigenvalue weighted by atomic mass is 16.5. The van der Waals surface area contributed by atoms with E-state index in [-0.39, 0.29) is 32.3 Å². The number of nitrogens with one attached hydrogen (secondary N) is 1. The third-order valence-corrected chi connectivity index (χ3v) is 14.0. The molecule has 0 radical (unpaired) electrons. The van der Waals surface area contributed by atoms with Crippen LogP contribution >= 0.6 is 0 Å². The second-order valence-corrected chi connectivity index (χ2v) is 16.2. The maximum absolute atomic E-state index is 13.4. The predicted octanol–water partition coefficient (Wildman–Crippen LogP) is 2.20. The Labute approximate surface area is 272 Å². The van der Waals surface area contributed by atoms with E-state index < -0.39 is 69.0 Å². The molecule has 1 heterocycles. The summed E-state index contributed by atoms with van der Waals surface area (Å²) in [6.07, 6.45) is 6.63. The molecule has 0 amide bonds. The molecule has 0 aromatic heterocycles. The predicted molar refractivity (Wildman–Crippen MR) is 169 cm³/mol. The summed E-state index contributed by atoms with van der Waals surface area (Å²) in [6, 6.07) is 0. The second-order valence-electron chi connectivity index (χ2n) is 16.2. The van der Waals surface area contributed by atoms with Gasteiger partial charge in [-0.1, -0.05) is 33.3 Å². The van der Waals surface area contributed by atoms with Crippen LogP contribution < -0.4 is 5.32 Å². The number of carbonyl (C=O) groups is 2. The van der Waals surface area contributed by atoms with Crippen LogP contribution in [-0.4, -0.2) is 100 Å². The van der Waals surface area contributed by atoms with Gasteiger partial charge in [0.2, 0.25) is 0 Å². The van der Waals surface area contributed by atoms with E-state index in [2.05, 4.69) is 19.2 Å². The Balaban J connectivity index is 1.46. The minimum Gasteiger partial charge on any atom is -0.450 e. The van der Waals surface area contributed by atoms with E-state index in [1.807, 2.05) is 13.0 Å². The summed E-state index contributed by atoms with van der Waals surface area (Å²) >= 11 is 0. The maximum atomic E-state index is 13.4. The molecule has 6 aliphatic rings. The number of ether oxygens (including phenoxy) is 2. The Morgan fingerprint density at radius 2 is 1.89 bits per heavy atom. The number of aliphatic hydroxyl groups is 5. The van der Waals surface area contributed by atoms with E-state index in [4.69, 9.17) is 9.47 Å². The molecule has 10 heteroatoms. The first-order chi connectivity index (χ1) is 21.7. The lowest BCUT2D eigenvalue weighted by molar-refractivity contribution is -0.336. The molecular formula is C36H55NO9. The van der Waals surface area contributed by atoms with Crippen LogP contribution in [0.5, 0.6) is 0 Å². The second kappa shape index (κ2) is 11.7. The number of aldehydes is 1. The highest BCUT2D eigenvalue weighted by molar-refractivity contribution is 5.87. The van der Waals surface area contributed by atoms with E-state index in [1.54, 1.807) is 7.11 Å². The van der Waals surface area contributed by atoms with Crippen molar-refractivity contribution in [2.45, 2.75) is 114 Å². The molecule has 4 fully saturated rings. The zero-order valence-electron chi connectivity index (χ0n) is 28.0. The minimum atomic E-state index is -1.76. The van der Waals surface area contributed by atoms with E-state index in [0.29, 0.717) is 56.9 Å². The molecule has 4 saturated carbocycles. The lowest BCUT2D eigenvalue weighted by Crippen LogP contribution is -2.79. The van der Waals surface area contributed by atoms with Crippen LogP contribution in [0.15, 0.2) is 23.3 Å². The monoisotopic (exact) mass is 645 g/mol. The molecule has 0 spiro atoms. The summed E-state index contributed by atoms with van der Waals surface area (Å²) in [7, 11) is 1.66. The maximum Gasteiger partial charge on any atom is 0.331 e. The van der Waals surface area contributed by atoms with E-state index in [0.717, 1.165) is 24.7 Å². The van der Waals surface area contributed by atoms with E-state index >= 15 is 0 Å². The standard InChI is InChI=1S/C36H55NO9/c1-22(2)6-7-24-16-35(43)28(32(20-38)11-8-26(40)18-34(24,32)42)9-10-31(3)33(21-39)25(17-36(31,35)44)14-23(19-37-12-5-13-45-4)30-27(33)15-29(41)46-30/h14-15,20,22,24-26,28,30,37,39-40,42-44H,5-13,16-19,21H2,1-4H3. The van der Waals surface area contributed by atoms with Crippen LogP contribution in [0.25, 0.3) is 0 Å². The molecule has 11 atom stereocenters. The van der Waals surface area contributed by atoms with Gasteiger partial charge in [0.15, 0.2) is 0 Å². The van der Waals surface area contributed by atoms with Crippen molar-refractivity contribution in [3.05, 3.63) is 23.3 Å². The molecule has 258 valence electrons. The van der Waals surface area contributed by atoms with Gasteiger partial charge in [0.25, 0.3) is 0 Å². The molecule has 6 N–H and O–H groups in total. The molecule has 0 aromatic carbocycles. The van der Waals surface area contributed by atoms with E-state index in [1.165, 1.54) is 6.08 Å². The molecule has 0 aromatic rings. The molecule has 6 rings (SSSR count). The normalized spacial score (nSPS) is 47.6. The number of methoxy groups -OCH3 is 1. The smallest absolute Gasteiger partial charge is 0.331 e. The summed E-state index contributed by atoms with van der Waals surface area (Å²) in [4.78, 5) is 26.3. The Kier molecular flexibility index (Phi) is 8.73. The van der Waals surface area contributed by atoms with Crippen LogP contribution in [0.2, 0.25) is 0 Å². The number of aliphatic hydroxyl groups excluding tert-OH is 2. The number of hydrogen-bond acceptors (Lipinski definition) is 10. The van der Waals surface area contributed by atoms with E-state index in [9.17, 15) is 35.1 Å². The van der Waals surface area contributed by atoms with Crippen LogP contribution in [0, 0.1) is 39.9 Å². The molecule has 5 aliphatic carbocycles. The quantitative estimate of drug-likeness (QED) is 0.0849. The zero-order valence-corrected chi connectivity index (χ0v) is 28.0. The van der Waals surface area contributed by atoms with Gasteiger partial charge in [-0.15, -0.1) is 0 Å². The van der Waals surface area contributed by atoms with Gasteiger partial charge in [-0.25, -0.2) is 4.79 Å². The largest absolute Gasteiger partial charge is 0.450 e. The van der Waals surface area contributed by atoms with Crippen molar-refractivity contribution in [1.82, 2.24) is 5.32 Å². The average Bonchev–Trinajstić information content (AvgIpc) is 3.49. The van der Waals surface area contributed by atoms with Gasteiger partial charge in [-0.2, -0.15) is 0 Å². The summed E-state index contributed by atoms with van der Waals surface area (Å²) in [5.41, 5.74) is -7.00. The molecule has 10 nitrogen and oxygen atoms in total. The topological polar surface area (TPSA) is 166 Å². The highest BCUT2D eigenvalue weighted by Crippen LogP contribution is 2.78. The first-order valence-electron chi connectivity index (χ1n) is 17.5. The average molecular weight is 646 g/mol. The summed E-state index contributed by atoms with van der Waals surface area (Å²) < 4.78 is 11.0. The summed E-state index contributed by atoms with van der Waals surface area (Å²) in [5, 5.41) is 64.7. The highest BCUT2D eigenvalue weighted by Gasteiger charge is 2.83. The van der Waals surface area contributed by atoms with Crippen LogP contribution in [-0.2, 0) is 19.1 Å². The fourth-order valence-corrected chi connectivity index (χ4v) is 11.7.